The maximum atomic E-state index is 12.9. The molecule has 0 fully saturated rings. The van der Waals surface area contributed by atoms with E-state index in [1.165, 1.54) is 6.07 Å². The number of alkyl halides is 3. The predicted octanol–water partition coefficient (Wildman–Crippen LogP) is 3.67. The highest BCUT2D eigenvalue weighted by Crippen LogP contribution is 2.37. The third kappa shape index (κ3) is 2.56. The quantitative estimate of drug-likeness (QED) is 0.908. The van der Waals surface area contributed by atoms with Gasteiger partial charge in [0.25, 0.3) is 0 Å². The van der Waals surface area contributed by atoms with Crippen LogP contribution in [-0.4, -0.2) is 20.7 Å². The van der Waals surface area contributed by atoms with Crippen LogP contribution in [0.4, 0.5) is 13.2 Å². The van der Waals surface area contributed by atoms with Gasteiger partial charge in [-0.15, -0.1) is 0 Å². The Kier molecular flexibility index (Phi) is 3.95. The Morgan fingerprint density at radius 2 is 1.86 bits per heavy atom. The summed E-state index contributed by atoms with van der Waals surface area (Å²) in [5.74, 6) is -1.50. The van der Waals surface area contributed by atoms with Crippen molar-refractivity contribution < 1.29 is 28.2 Å². The minimum Gasteiger partial charge on any atom is -0.479 e. The Morgan fingerprint density at radius 3 is 2.32 bits per heavy atom. The average molecular weight is 315 g/mol. The van der Waals surface area contributed by atoms with Gasteiger partial charge < -0.3 is 14.8 Å². The number of carboxylic acid groups (broad SMARTS) is 1. The lowest BCUT2D eigenvalue weighted by molar-refractivity contribution is -0.146. The lowest BCUT2D eigenvalue weighted by atomic mass is 10.0. The first-order valence-corrected chi connectivity index (χ1v) is 6.68. The summed E-state index contributed by atoms with van der Waals surface area (Å²) < 4.78 is 40.4. The van der Waals surface area contributed by atoms with Gasteiger partial charge in [-0.1, -0.05) is 0 Å². The van der Waals surface area contributed by atoms with Crippen LogP contribution in [0.1, 0.15) is 42.8 Å². The van der Waals surface area contributed by atoms with Gasteiger partial charge in [0, 0.05) is 28.2 Å². The number of aliphatic hydroxyl groups excluding tert-OH is 1. The first-order valence-electron chi connectivity index (χ1n) is 6.68. The van der Waals surface area contributed by atoms with E-state index in [9.17, 15) is 23.1 Å². The standard InChI is InChI=1S/C15H16F3NO3/c1-7(2)19-8(3)12(13(20)14(21)22)10-6-9(15(16,17)18)4-5-11(10)19/h4-7,13,20H,1-3H3,(H,21,22). The molecule has 0 bridgehead atoms. The van der Waals surface area contributed by atoms with E-state index in [1.54, 1.807) is 11.5 Å². The summed E-state index contributed by atoms with van der Waals surface area (Å²) in [4.78, 5) is 11.1. The Balaban J connectivity index is 2.86. The summed E-state index contributed by atoms with van der Waals surface area (Å²) in [7, 11) is 0. The van der Waals surface area contributed by atoms with Crippen LogP contribution in [0, 0.1) is 6.92 Å². The number of halogens is 3. The highest BCUT2D eigenvalue weighted by molar-refractivity contribution is 5.91. The van der Waals surface area contributed by atoms with Gasteiger partial charge in [-0.2, -0.15) is 13.2 Å². The van der Waals surface area contributed by atoms with Crippen molar-refractivity contribution in [3.8, 4) is 0 Å². The Morgan fingerprint density at radius 1 is 1.27 bits per heavy atom. The number of fused-ring (bicyclic) bond motifs is 1. The Hall–Kier alpha value is -2.02. The number of aliphatic hydroxyl groups is 1. The molecule has 4 nitrogen and oxygen atoms in total. The SMILES string of the molecule is Cc1c(C(O)C(=O)O)c2cc(C(F)(F)F)ccc2n1C(C)C. The number of carboxylic acids is 1. The molecule has 0 aliphatic heterocycles. The zero-order valence-corrected chi connectivity index (χ0v) is 12.3. The Labute approximate surface area is 124 Å². The topological polar surface area (TPSA) is 62.5 Å². The normalized spacial score (nSPS) is 13.8. The van der Waals surface area contributed by atoms with Crippen LogP contribution in [0.3, 0.4) is 0 Å². The van der Waals surface area contributed by atoms with E-state index < -0.39 is 23.8 Å². The summed E-state index contributed by atoms with van der Waals surface area (Å²) in [6.45, 7) is 5.26. The predicted molar refractivity (Wildman–Crippen MR) is 74.7 cm³/mol. The maximum absolute atomic E-state index is 12.9. The highest BCUT2D eigenvalue weighted by atomic mass is 19.4. The van der Waals surface area contributed by atoms with Crippen molar-refractivity contribution in [3.63, 3.8) is 0 Å². The zero-order chi connectivity index (χ0) is 16.8. The molecule has 0 spiro atoms. The van der Waals surface area contributed by atoms with E-state index in [1.807, 2.05) is 13.8 Å². The molecule has 120 valence electrons. The van der Waals surface area contributed by atoms with Gasteiger partial charge in [0.15, 0.2) is 6.10 Å². The third-order valence-corrected chi connectivity index (χ3v) is 3.65. The summed E-state index contributed by atoms with van der Waals surface area (Å²) in [6.07, 6.45) is -6.40. The number of nitrogens with zero attached hydrogens (tertiary/aromatic N) is 1. The van der Waals surface area contributed by atoms with Crippen molar-refractivity contribution >= 4 is 16.9 Å². The van der Waals surface area contributed by atoms with Crippen LogP contribution in [0.2, 0.25) is 0 Å². The first-order chi connectivity index (χ1) is 10.1. The molecule has 2 N–H and O–H groups in total. The number of hydrogen-bond acceptors (Lipinski definition) is 2. The summed E-state index contributed by atoms with van der Waals surface area (Å²) in [5, 5.41) is 19.0. The molecule has 0 radical (unpaired) electrons. The number of carbonyl (C=O) groups is 1. The minimum absolute atomic E-state index is 0.00213. The number of aromatic nitrogens is 1. The van der Waals surface area contributed by atoms with Gasteiger partial charge in [0.1, 0.15) is 0 Å². The molecule has 2 rings (SSSR count). The number of aliphatic carboxylic acids is 1. The maximum Gasteiger partial charge on any atom is 0.416 e. The second-order valence-electron chi connectivity index (χ2n) is 5.43. The molecule has 0 aliphatic carbocycles. The smallest absolute Gasteiger partial charge is 0.416 e. The molecule has 0 aliphatic rings. The molecule has 0 saturated heterocycles. The first kappa shape index (κ1) is 16.4. The van der Waals surface area contributed by atoms with Crippen LogP contribution in [0.25, 0.3) is 10.9 Å². The molecule has 1 unspecified atom stereocenters. The van der Waals surface area contributed by atoms with E-state index in [0.29, 0.717) is 11.2 Å². The third-order valence-electron chi connectivity index (χ3n) is 3.65. The summed E-state index contributed by atoms with van der Waals surface area (Å²) in [5.41, 5.74) is 0.0390. The van der Waals surface area contributed by atoms with Crippen LogP contribution in [0.5, 0.6) is 0 Å². The molecule has 1 atom stereocenters. The second kappa shape index (κ2) is 5.31. The molecule has 2 aromatic rings. The van der Waals surface area contributed by atoms with Crippen molar-refractivity contribution in [2.75, 3.05) is 0 Å². The number of benzene rings is 1. The molecule has 1 heterocycles. The van der Waals surface area contributed by atoms with Gasteiger partial charge in [-0.05, 0) is 39.0 Å². The van der Waals surface area contributed by atoms with Gasteiger partial charge in [0.05, 0.1) is 5.56 Å². The van der Waals surface area contributed by atoms with E-state index in [-0.39, 0.29) is 17.0 Å². The van der Waals surface area contributed by atoms with Crippen LogP contribution in [0.15, 0.2) is 18.2 Å². The van der Waals surface area contributed by atoms with E-state index in [0.717, 1.165) is 12.1 Å². The highest BCUT2D eigenvalue weighted by Gasteiger charge is 2.33. The second-order valence-corrected chi connectivity index (χ2v) is 5.43. The molecular formula is C15H16F3NO3. The van der Waals surface area contributed by atoms with E-state index >= 15 is 0 Å². The fraction of sp³-hybridized carbons (Fsp3) is 0.400. The van der Waals surface area contributed by atoms with Crippen molar-refractivity contribution in [1.82, 2.24) is 4.57 Å². The van der Waals surface area contributed by atoms with Crippen molar-refractivity contribution in [1.29, 1.82) is 0 Å². The summed E-state index contributed by atoms with van der Waals surface area (Å²) in [6, 6.07) is 3.07. The largest absolute Gasteiger partial charge is 0.479 e. The van der Waals surface area contributed by atoms with Gasteiger partial charge in [-0.3, -0.25) is 0 Å². The number of hydrogen-bond donors (Lipinski definition) is 2. The van der Waals surface area contributed by atoms with Crippen molar-refractivity contribution in [2.24, 2.45) is 0 Å². The minimum atomic E-state index is -4.53. The lowest BCUT2D eigenvalue weighted by Crippen LogP contribution is -2.12. The molecule has 7 heteroatoms. The molecule has 1 aromatic carbocycles. The number of rotatable bonds is 3. The molecule has 0 saturated carbocycles. The van der Waals surface area contributed by atoms with E-state index in [2.05, 4.69) is 0 Å². The van der Waals surface area contributed by atoms with Gasteiger partial charge in [-0.25, -0.2) is 4.79 Å². The summed E-state index contributed by atoms with van der Waals surface area (Å²) >= 11 is 0. The Bertz CT molecular complexity index is 732. The molecule has 0 amide bonds. The average Bonchev–Trinajstić information content (AvgIpc) is 2.67. The fourth-order valence-corrected chi connectivity index (χ4v) is 2.78. The van der Waals surface area contributed by atoms with Gasteiger partial charge in [0.2, 0.25) is 0 Å². The zero-order valence-electron chi connectivity index (χ0n) is 12.3. The van der Waals surface area contributed by atoms with Crippen LogP contribution in [-0.2, 0) is 11.0 Å². The van der Waals surface area contributed by atoms with Crippen molar-refractivity contribution in [3.05, 3.63) is 35.0 Å². The van der Waals surface area contributed by atoms with Crippen LogP contribution >= 0.6 is 0 Å². The lowest BCUT2D eigenvalue weighted by Gasteiger charge is -2.13. The fourth-order valence-electron chi connectivity index (χ4n) is 2.78. The molecule has 22 heavy (non-hydrogen) atoms. The molecule has 1 aromatic heterocycles. The monoisotopic (exact) mass is 315 g/mol. The van der Waals surface area contributed by atoms with E-state index in [4.69, 9.17) is 5.11 Å². The van der Waals surface area contributed by atoms with Crippen molar-refractivity contribution in [2.45, 2.75) is 39.1 Å². The van der Waals surface area contributed by atoms with Gasteiger partial charge >= 0.3 is 12.1 Å². The van der Waals surface area contributed by atoms with Crippen LogP contribution < -0.4 is 0 Å². The molecular weight excluding hydrogens is 299 g/mol.